The highest BCUT2D eigenvalue weighted by Crippen LogP contribution is 2.27. The predicted molar refractivity (Wildman–Crippen MR) is 37.9 cm³/mol. The minimum Gasteiger partial charge on any atom is -0.393 e. The Kier molecular flexibility index (Phi) is 2.12. The molecule has 1 nitrogen and oxygen atoms in total. The fraction of sp³-hybridized carbons (Fsp3) is 0.875. The van der Waals surface area contributed by atoms with E-state index in [4.69, 9.17) is 0 Å². The van der Waals surface area contributed by atoms with Crippen molar-refractivity contribution in [3.8, 4) is 0 Å². The van der Waals surface area contributed by atoms with E-state index < -0.39 is 0 Å². The first-order valence-corrected chi connectivity index (χ1v) is 3.71. The van der Waals surface area contributed by atoms with E-state index in [1.165, 1.54) is 6.42 Å². The maximum atomic E-state index is 9.23. The average Bonchev–Trinajstić information content (AvgIpc) is 1.80. The molecule has 0 amide bonds. The molecule has 53 valence electrons. The molecule has 0 aliphatic heterocycles. The van der Waals surface area contributed by atoms with Gasteiger partial charge >= 0.3 is 0 Å². The molecule has 1 aliphatic carbocycles. The molecule has 1 fully saturated rings. The predicted octanol–water partition coefficient (Wildman–Crippen LogP) is 1.62. The van der Waals surface area contributed by atoms with Crippen LogP contribution in [0.2, 0.25) is 0 Å². The molecule has 1 N–H and O–H groups in total. The van der Waals surface area contributed by atoms with Gasteiger partial charge in [-0.2, -0.15) is 0 Å². The molecule has 0 aromatic heterocycles. The standard InChI is InChI=1S/C8H15O/c1-6-3-4-8(9)7(2)5-6/h6-9H,2-5H2,1H3. The van der Waals surface area contributed by atoms with Crippen molar-refractivity contribution in [1.29, 1.82) is 0 Å². The lowest BCUT2D eigenvalue weighted by Crippen LogP contribution is -2.25. The second-order valence-electron chi connectivity index (χ2n) is 3.25. The fourth-order valence-electron chi connectivity index (χ4n) is 1.48. The molecular weight excluding hydrogens is 112 g/mol. The van der Waals surface area contributed by atoms with Gasteiger partial charge in [0.1, 0.15) is 0 Å². The number of aliphatic hydroxyl groups is 1. The Hall–Kier alpha value is -0.0400. The van der Waals surface area contributed by atoms with Gasteiger partial charge in [0.2, 0.25) is 0 Å². The summed E-state index contributed by atoms with van der Waals surface area (Å²) in [4.78, 5) is 0. The summed E-state index contributed by atoms with van der Waals surface area (Å²) >= 11 is 0. The molecule has 1 heteroatoms. The highest BCUT2D eigenvalue weighted by molar-refractivity contribution is 4.78. The van der Waals surface area contributed by atoms with Crippen molar-refractivity contribution in [3.05, 3.63) is 6.92 Å². The molecule has 0 aromatic carbocycles. The van der Waals surface area contributed by atoms with Crippen LogP contribution in [0.4, 0.5) is 0 Å². The fourth-order valence-corrected chi connectivity index (χ4v) is 1.48. The van der Waals surface area contributed by atoms with E-state index in [1.54, 1.807) is 0 Å². The topological polar surface area (TPSA) is 20.2 Å². The summed E-state index contributed by atoms with van der Waals surface area (Å²) in [5, 5.41) is 9.23. The van der Waals surface area contributed by atoms with E-state index in [0.717, 1.165) is 18.8 Å². The van der Waals surface area contributed by atoms with E-state index in [2.05, 4.69) is 13.8 Å². The van der Waals surface area contributed by atoms with Crippen LogP contribution < -0.4 is 0 Å². The number of hydrogen-bond donors (Lipinski definition) is 1. The molecule has 0 bridgehead atoms. The molecule has 1 radical (unpaired) electrons. The second-order valence-corrected chi connectivity index (χ2v) is 3.25. The summed E-state index contributed by atoms with van der Waals surface area (Å²) in [5.74, 6) is 1.06. The van der Waals surface area contributed by atoms with Gasteiger partial charge in [0, 0.05) is 0 Å². The summed E-state index contributed by atoms with van der Waals surface area (Å²) in [7, 11) is 0. The van der Waals surface area contributed by atoms with E-state index in [1.807, 2.05) is 0 Å². The van der Waals surface area contributed by atoms with Crippen LogP contribution >= 0.6 is 0 Å². The quantitative estimate of drug-likeness (QED) is 0.524. The third kappa shape index (κ3) is 1.68. The van der Waals surface area contributed by atoms with Crippen LogP contribution in [-0.4, -0.2) is 11.2 Å². The molecule has 0 aromatic rings. The third-order valence-electron chi connectivity index (χ3n) is 2.20. The van der Waals surface area contributed by atoms with Crippen LogP contribution in [0.5, 0.6) is 0 Å². The summed E-state index contributed by atoms with van der Waals surface area (Å²) in [5.41, 5.74) is 0. The normalized spacial score (nSPS) is 45.0. The van der Waals surface area contributed by atoms with Crippen molar-refractivity contribution in [2.24, 2.45) is 11.8 Å². The lowest BCUT2D eigenvalue weighted by molar-refractivity contribution is 0.0732. The Morgan fingerprint density at radius 1 is 1.44 bits per heavy atom. The van der Waals surface area contributed by atoms with Gasteiger partial charge in [0.15, 0.2) is 0 Å². The van der Waals surface area contributed by atoms with Crippen LogP contribution in [0.15, 0.2) is 0 Å². The second kappa shape index (κ2) is 2.70. The zero-order valence-corrected chi connectivity index (χ0v) is 6.01. The first-order valence-electron chi connectivity index (χ1n) is 3.71. The SMILES string of the molecule is [CH2]C1CC(C)CCC1O. The number of hydrogen-bond acceptors (Lipinski definition) is 1. The van der Waals surface area contributed by atoms with E-state index >= 15 is 0 Å². The number of aliphatic hydroxyl groups excluding tert-OH is 1. The summed E-state index contributed by atoms with van der Waals surface area (Å²) < 4.78 is 0. The van der Waals surface area contributed by atoms with Crippen molar-refractivity contribution in [2.75, 3.05) is 0 Å². The van der Waals surface area contributed by atoms with Crippen LogP contribution in [0, 0.1) is 18.8 Å². The highest BCUT2D eigenvalue weighted by atomic mass is 16.3. The minimum atomic E-state index is -0.124. The molecule has 1 aliphatic rings. The summed E-state index contributed by atoms with van der Waals surface area (Å²) in [6.07, 6.45) is 3.10. The smallest absolute Gasteiger partial charge is 0.0568 e. The van der Waals surface area contributed by atoms with Gasteiger partial charge in [0.05, 0.1) is 6.10 Å². The maximum absolute atomic E-state index is 9.23. The lowest BCUT2D eigenvalue weighted by Gasteiger charge is -2.28. The summed E-state index contributed by atoms with van der Waals surface area (Å²) in [6, 6.07) is 0. The highest BCUT2D eigenvalue weighted by Gasteiger charge is 2.22. The van der Waals surface area contributed by atoms with Gasteiger partial charge in [0.25, 0.3) is 0 Å². The van der Waals surface area contributed by atoms with Crippen molar-refractivity contribution in [2.45, 2.75) is 32.3 Å². The summed E-state index contributed by atoms with van der Waals surface area (Å²) in [6.45, 7) is 6.11. The Morgan fingerprint density at radius 2 is 2.11 bits per heavy atom. The van der Waals surface area contributed by atoms with Crippen LogP contribution in [0.1, 0.15) is 26.2 Å². The lowest BCUT2D eigenvalue weighted by atomic mass is 9.81. The van der Waals surface area contributed by atoms with Crippen molar-refractivity contribution >= 4 is 0 Å². The molecule has 9 heavy (non-hydrogen) atoms. The molecular formula is C8H15O. The zero-order valence-electron chi connectivity index (χ0n) is 6.01. The minimum absolute atomic E-state index is 0.124. The van der Waals surface area contributed by atoms with Crippen LogP contribution in [-0.2, 0) is 0 Å². The van der Waals surface area contributed by atoms with Crippen molar-refractivity contribution < 1.29 is 5.11 Å². The van der Waals surface area contributed by atoms with E-state index in [0.29, 0.717) is 0 Å². The van der Waals surface area contributed by atoms with Crippen LogP contribution in [0.25, 0.3) is 0 Å². The Bertz CT molecular complexity index is 90.6. The molecule has 0 spiro atoms. The van der Waals surface area contributed by atoms with Gasteiger partial charge < -0.3 is 5.11 Å². The Labute approximate surface area is 57.1 Å². The first-order chi connectivity index (χ1) is 4.20. The largest absolute Gasteiger partial charge is 0.393 e. The third-order valence-corrected chi connectivity index (χ3v) is 2.20. The van der Waals surface area contributed by atoms with Gasteiger partial charge in [-0.15, -0.1) is 0 Å². The molecule has 3 unspecified atom stereocenters. The molecule has 1 rings (SSSR count). The maximum Gasteiger partial charge on any atom is 0.0568 e. The Balaban J connectivity index is 2.35. The average molecular weight is 127 g/mol. The molecule has 1 saturated carbocycles. The van der Waals surface area contributed by atoms with Gasteiger partial charge in [-0.1, -0.05) is 6.92 Å². The zero-order chi connectivity index (χ0) is 6.85. The molecule has 0 heterocycles. The van der Waals surface area contributed by atoms with Gasteiger partial charge in [-0.25, -0.2) is 0 Å². The first kappa shape index (κ1) is 7.07. The van der Waals surface area contributed by atoms with Gasteiger partial charge in [-0.05, 0) is 38.0 Å². The van der Waals surface area contributed by atoms with E-state index in [9.17, 15) is 5.11 Å². The van der Waals surface area contributed by atoms with Crippen molar-refractivity contribution in [3.63, 3.8) is 0 Å². The number of rotatable bonds is 0. The monoisotopic (exact) mass is 127 g/mol. The van der Waals surface area contributed by atoms with Gasteiger partial charge in [-0.3, -0.25) is 0 Å². The van der Waals surface area contributed by atoms with Crippen molar-refractivity contribution in [1.82, 2.24) is 0 Å². The Morgan fingerprint density at radius 3 is 2.56 bits per heavy atom. The van der Waals surface area contributed by atoms with E-state index in [-0.39, 0.29) is 12.0 Å². The molecule has 0 saturated heterocycles. The molecule has 3 atom stereocenters. The van der Waals surface area contributed by atoms with Crippen LogP contribution in [0.3, 0.4) is 0 Å².